The minimum atomic E-state index is -0.480. The Labute approximate surface area is 170 Å². The molecular weight excluding hydrogens is 416 g/mol. The molecule has 0 saturated carbocycles. The van der Waals surface area contributed by atoms with Gasteiger partial charge >= 0.3 is 0 Å². The molecule has 4 aromatic rings. The molecule has 0 radical (unpaired) electrons. The van der Waals surface area contributed by atoms with Crippen LogP contribution in [-0.4, -0.2) is 15.9 Å². The van der Waals surface area contributed by atoms with Crippen molar-refractivity contribution < 1.29 is 4.79 Å². The molecule has 1 amide bonds. The van der Waals surface area contributed by atoms with Crippen molar-refractivity contribution in [3.05, 3.63) is 88.7 Å². The lowest BCUT2D eigenvalue weighted by Crippen LogP contribution is -2.12. The van der Waals surface area contributed by atoms with Gasteiger partial charge in [-0.2, -0.15) is 0 Å². The van der Waals surface area contributed by atoms with Gasteiger partial charge in [-0.3, -0.25) is 4.79 Å². The number of H-pyrrole nitrogens is 1. The minimum Gasteiger partial charge on any atom is -0.366 e. The summed E-state index contributed by atoms with van der Waals surface area (Å²) >= 11 is 3.44. The molecule has 0 atom stereocenters. The summed E-state index contributed by atoms with van der Waals surface area (Å²) in [6.07, 6.45) is 5.36. The maximum atomic E-state index is 12.1. The molecule has 4 rings (SSSR count). The lowest BCUT2D eigenvalue weighted by Gasteiger charge is -2.09. The third-order valence-electron chi connectivity index (χ3n) is 4.38. The number of primary amides is 1. The highest BCUT2D eigenvalue weighted by atomic mass is 79.9. The van der Waals surface area contributed by atoms with Crippen LogP contribution in [0.5, 0.6) is 0 Å². The van der Waals surface area contributed by atoms with Gasteiger partial charge in [-0.15, -0.1) is 0 Å². The van der Waals surface area contributed by atoms with Gasteiger partial charge in [-0.25, -0.2) is 4.98 Å². The first-order chi connectivity index (χ1) is 13.6. The second-order valence-electron chi connectivity index (χ2n) is 6.25. The number of pyridine rings is 1. The molecule has 0 unspecified atom stereocenters. The van der Waals surface area contributed by atoms with Crippen molar-refractivity contribution >= 4 is 55.9 Å². The summed E-state index contributed by atoms with van der Waals surface area (Å²) in [4.78, 5) is 19.6. The second-order valence-corrected chi connectivity index (χ2v) is 7.16. The number of hydrogen-bond acceptors (Lipinski definition) is 3. The van der Waals surface area contributed by atoms with Crippen LogP contribution in [0.3, 0.4) is 0 Å². The number of nitrogens with one attached hydrogen (secondary N) is 2. The van der Waals surface area contributed by atoms with E-state index in [0.717, 1.165) is 38.0 Å². The predicted molar refractivity (Wildman–Crippen MR) is 117 cm³/mol. The monoisotopic (exact) mass is 432 g/mol. The maximum absolute atomic E-state index is 12.1. The molecule has 138 valence electrons. The van der Waals surface area contributed by atoms with E-state index in [4.69, 9.17) is 5.73 Å². The van der Waals surface area contributed by atoms with Gasteiger partial charge in [0.2, 0.25) is 5.91 Å². The first-order valence-corrected chi connectivity index (χ1v) is 9.47. The summed E-state index contributed by atoms with van der Waals surface area (Å²) in [6, 6.07) is 19.2. The summed E-state index contributed by atoms with van der Waals surface area (Å²) in [5, 5.41) is 4.31. The zero-order valence-electron chi connectivity index (χ0n) is 14.8. The first-order valence-electron chi connectivity index (χ1n) is 8.67. The standard InChI is InChI=1S/C22H17BrN4O/c23-16-6-8-17(9-7-16)27-19-10-11-25-22-20(19)15(13-26-22)12-18(21(24)28)14-4-2-1-3-5-14/h1-13H,(H2,24,28)(H2,25,26,27). The molecule has 28 heavy (non-hydrogen) atoms. The highest BCUT2D eigenvalue weighted by molar-refractivity contribution is 9.10. The summed E-state index contributed by atoms with van der Waals surface area (Å²) in [5.41, 5.74) is 10.3. The highest BCUT2D eigenvalue weighted by Crippen LogP contribution is 2.31. The molecule has 5 nitrogen and oxygen atoms in total. The molecule has 6 heteroatoms. The van der Waals surface area contributed by atoms with Gasteiger partial charge in [0.25, 0.3) is 0 Å². The van der Waals surface area contributed by atoms with Crippen molar-refractivity contribution in [3.8, 4) is 0 Å². The Morgan fingerprint density at radius 1 is 1.07 bits per heavy atom. The number of nitrogens with zero attached hydrogens (tertiary/aromatic N) is 1. The molecule has 0 aliphatic heterocycles. The molecule has 4 N–H and O–H groups in total. The van der Waals surface area contributed by atoms with Crippen LogP contribution < -0.4 is 11.1 Å². The number of amides is 1. The zero-order chi connectivity index (χ0) is 19.5. The van der Waals surface area contributed by atoms with E-state index in [1.54, 1.807) is 12.3 Å². The summed E-state index contributed by atoms with van der Waals surface area (Å²) in [5.74, 6) is -0.480. The predicted octanol–water partition coefficient (Wildman–Crippen LogP) is 5.09. The van der Waals surface area contributed by atoms with E-state index in [9.17, 15) is 4.79 Å². The lowest BCUT2D eigenvalue weighted by molar-refractivity contribution is -0.112. The molecule has 2 aromatic heterocycles. The van der Waals surface area contributed by atoms with Crippen molar-refractivity contribution in [2.24, 2.45) is 5.73 Å². The Morgan fingerprint density at radius 3 is 2.54 bits per heavy atom. The minimum absolute atomic E-state index is 0.444. The average Bonchev–Trinajstić information content (AvgIpc) is 3.12. The van der Waals surface area contributed by atoms with E-state index in [2.05, 4.69) is 31.2 Å². The summed E-state index contributed by atoms with van der Waals surface area (Å²) < 4.78 is 1.01. The van der Waals surface area contributed by atoms with Gasteiger partial charge in [0.15, 0.2) is 0 Å². The SMILES string of the molecule is NC(=O)C(=Cc1c[nH]c2nccc(Nc3ccc(Br)cc3)c12)c1ccccc1. The number of anilines is 2. The van der Waals surface area contributed by atoms with Crippen molar-refractivity contribution in [1.29, 1.82) is 0 Å². The number of nitrogens with two attached hydrogens (primary N) is 1. The molecule has 0 bridgehead atoms. The smallest absolute Gasteiger partial charge is 0.249 e. The molecule has 0 saturated heterocycles. The molecule has 0 aliphatic carbocycles. The fourth-order valence-corrected chi connectivity index (χ4v) is 3.32. The summed E-state index contributed by atoms with van der Waals surface area (Å²) in [6.45, 7) is 0. The van der Waals surface area contributed by atoms with Crippen LogP contribution in [0.1, 0.15) is 11.1 Å². The van der Waals surface area contributed by atoms with Gasteiger partial charge in [-0.1, -0.05) is 46.3 Å². The van der Waals surface area contributed by atoms with Gasteiger partial charge in [0, 0.05) is 39.1 Å². The van der Waals surface area contributed by atoms with Crippen molar-refractivity contribution in [2.45, 2.75) is 0 Å². The number of aromatic nitrogens is 2. The van der Waals surface area contributed by atoms with Gasteiger partial charge in [0.1, 0.15) is 5.65 Å². The summed E-state index contributed by atoms with van der Waals surface area (Å²) in [7, 11) is 0. The number of carbonyl (C=O) groups is 1. The number of hydrogen-bond donors (Lipinski definition) is 3. The van der Waals surface area contributed by atoms with Crippen LogP contribution in [0.15, 0.2) is 77.5 Å². The largest absolute Gasteiger partial charge is 0.366 e. The fraction of sp³-hybridized carbons (Fsp3) is 0. The van der Waals surface area contributed by atoms with Crippen LogP contribution in [0.4, 0.5) is 11.4 Å². The van der Waals surface area contributed by atoms with Crippen molar-refractivity contribution in [1.82, 2.24) is 9.97 Å². The van der Waals surface area contributed by atoms with Crippen molar-refractivity contribution in [2.75, 3.05) is 5.32 Å². The van der Waals surface area contributed by atoms with E-state index in [1.165, 1.54) is 0 Å². The third kappa shape index (κ3) is 3.68. The maximum Gasteiger partial charge on any atom is 0.249 e. The molecule has 0 fully saturated rings. The first kappa shape index (κ1) is 18.0. The van der Waals surface area contributed by atoms with E-state index < -0.39 is 5.91 Å². The topological polar surface area (TPSA) is 83.8 Å². The van der Waals surface area contributed by atoms with E-state index in [0.29, 0.717) is 5.57 Å². The number of benzene rings is 2. The van der Waals surface area contributed by atoms with E-state index in [1.807, 2.05) is 66.9 Å². The Hall–Kier alpha value is -3.38. The number of halogens is 1. The Bertz CT molecular complexity index is 1160. The molecular formula is C22H17BrN4O. The average molecular weight is 433 g/mol. The molecule has 2 aromatic carbocycles. The Kier molecular flexibility index (Phi) is 4.95. The van der Waals surface area contributed by atoms with Crippen LogP contribution >= 0.6 is 15.9 Å². The number of carbonyl (C=O) groups excluding carboxylic acids is 1. The Balaban J connectivity index is 1.81. The number of fused-ring (bicyclic) bond motifs is 1. The highest BCUT2D eigenvalue weighted by Gasteiger charge is 2.13. The molecule has 0 spiro atoms. The number of aromatic amines is 1. The third-order valence-corrected chi connectivity index (χ3v) is 4.91. The van der Waals surface area contributed by atoms with Crippen LogP contribution in [0.2, 0.25) is 0 Å². The lowest BCUT2D eigenvalue weighted by atomic mass is 10.0. The second kappa shape index (κ2) is 7.70. The van der Waals surface area contributed by atoms with Gasteiger partial charge in [0.05, 0.1) is 5.69 Å². The number of rotatable bonds is 5. The van der Waals surface area contributed by atoms with Gasteiger partial charge in [-0.05, 0) is 42.0 Å². The van der Waals surface area contributed by atoms with Gasteiger partial charge < -0.3 is 16.0 Å². The zero-order valence-corrected chi connectivity index (χ0v) is 16.4. The molecule has 2 heterocycles. The van der Waals surface area contributed by atoms with Crippen molar-refractivity contribution in [3.63, 3.8) is 0 Å². The van der Waals surface area contributed by atoms with Crippen LogP contribution in [-0.2, 0) is 4.79 Å². The van der Waals surface area contributed by atoms with E-state index in [-0.39, 0.29) is 0 Å². The Morgan fingerprint density at radius 2 is 1.82 bits per heavy atom. The fourth-order valence-electron chi connectivity index (χ4n) is 3.06. The van der Waals surface area contributed by atoms with Crippen LogP contribution in [0.25, 0.3) is 22.7 Å². The van der Waals surface area contributed by atoms with E-state index >= 15 is 0 Å². The molecule has 0 aliphatic rings. The van der Waals surface area contributed by atoms with Crippen LogP contribution in [0, 0.1) is 0 Å². The quantitative estimate of drug-likeness (QED) is 0.383. The normalized spacial score (nSPS) is 11.5.